The van der Waals surface area contributed by atoms with E-state index in [1.54, 1.807) is 11.8 Å². The van der Waals surface area contributed by atoms with Gasteiger partial charge >= 0.3 is 0 Å². The van der Waals surface area contributed by atoms with Gasteiger partial charge in [-0.15, -0.1) is 0 Å². The number of nitrogens with one attached hydrogen (secondary N) is 1. The first kappa shape index (κ1) is 18.5. The second kappa shape index (κ2) is 8.20. The third-order valence-electron chi connectivity index (χ3n) is 3.42. The number of rotatable bonds is 8. The molecule has 1 atom stereocenters. The van der Waals surface area contributed by atoms with Crippen LogP contribution in [0, 0.1) is 20.8 Å². The zero-order valence-corrected chi connectivity index (χ0v) is 15.3. The lowest BCUT2D eigenvalue weighted by Gasteiger charge is -2.23. The topological polar surface area (TPSA) is 46.2 Å². The minimum atomic E-state index is -2.86. The van der Waals surface area contributed by atoms with Crippen LogP contribution < -0.4 is 5.32 Å². The average molecular weight is 330 g/mol. The highest BCUT2D eigenvalue weighted by molar-refractivity contribution is 8.00. The monoisotopic (exact) mass is 329 g/mol. The molecule has 0 aromatic heterocycles. The Morgan fingerprint density at radius 3 is 2.24 bits per heavy atom. The number of sulfone groups is 1. The molecule has 0 radical (unpaired) electrons. The average Bonchev–Trinajstić information content (AvgIpc) is 2.32. The van der Waals surface area contributed by atoms with Crippen LogP contribution in [0.25, 0.3) is 0 Å². The third-order valence-corrected chi connectivity index (χ3v) is 5.69. The van der Waals surface area contributed by atoms with Gasteiger partial charge in [-0.25, -0.2) is 8.42 Å². The molecule has 21 heavy (non-hydrogen) atoms. The molecule has 1 N–H and O–H groups in total. The van der Waals surface area contributed by atoms with Gasteiger partial charge in [0.1, 0.15) is 9.84 Å². The van der Waals surface area contributed by atoms with Crippen molar-refractivity contribution >= 4 is 21.6 Å². The van der Waals surface area contributed by atoms with E-state index in [1.807, 2.05) is 0 Å². The standard InChI is InChI=1S/C16H27NO2S2/c1-6-17-15(11-20-7-8-21(5,18)19)16-13(3)9-12(2)10-14(16)4/h9-10,15,17H,6-8,11H2,1-5H3. The van der Waals surface area contributed by atoms with Crippen molar-refractivity contribution in [3.8, 4) is 0 Å². The maximum Gasteiger partial charge on any atom is 0.148 e. The normalized spacial score (nSPS) is 13.4. The highest BCUT2D eigenvalue weighted by atomic mass is 32.2. The van der Waals surface area contributed by atoms with E-state index >= 15 is 0 Å². The molecular formula is C16H27NO2S2. The smallest absolute Gasteiger partial charge is 0.148 e. The van der Waals surface area contributed by atoms with Gasteiger partial charge in [0.2, 0.25) is 0 Å². The minimum Gasteiger partial charge on any atom is -0.309 e. The molecule has 0 heterocycles. The van der Waals surface area contributed by atoms with E-state index in [9.17, 15) is 8.42 Å². The second-order valence-corrected chi connectivity index (χ2v) is 9.04. The second-order valence-electron chi connectivity index (χ2n) is 5.63. The lowest BCUT2D eigenvalue weighted by atomic mass is 9.95. The Labute approximate surface area is 133 Å². The van der Waals surface area contributed by atoms with E-state index < -0.39 is 9.84 Å². The quantitative estimate of drug-likeness (QED) is 0.745. The van der Waals surface area contributed by atoms with E-state index in [4.69, 9.17) is 0 Å². The molecule has 5 heteroatoms. The van der Waals surface area contributed by atoms with E-state index in [0.29, 0.717) is 5.75 Å². The molecule has 0 fully saturated rings. The summed E-state index contributed by atoms with van der Waals surface area (Å²) >= 11 is 1.70. The van der Waals surface area contributed by atoms with Crippen LogP contribution in [0.4, 0.5) is 0 Å². The van der Waals surface area contributed by atoms with Crippen molar-refractivity contribution in [2.45, 2.75) is 33.7 Å². The van der Waals surface area contributed by atoms with E-state index in [0.717, 1.165) is 12.3 Å². The predicted molar refractivity (Wildman–Crippen MR) is 94.1 cm³/mol. The Kier molecular flexibility index (Phi) is 7.24. The summed E-state index contributed by atoms with van der Waals surface area (Å²) in [6, 6.07) is 4.71. The summed E-state index contributed by atoms with van der Waals surface area (Å²) in [5, 5.41) is 3.53. The van der Waals surface area contributed by atoms with E-state index in [2.05, 4.69) is 45.1 Å². The molecule has 1 unspecified atom stereocenters. The molecule has 0 saturated heterocycles. The Morgan fingerprint density at radius 2 is 1.76 bits per heavy atom. The Bertz CT molecular complexity index is 545. The van der Waals surface area contributed by atoms with Gasteiger partial charge in [0.05, 0.1) is 5.75 Å². The van der Waals surface area contributed by atoms with Crippen LogP contribution in [-0.4, -0.2) is 38.5 Å². The van der Waals surface area contributed by atoms with Crippen LogP contribution in [-0.2, 0) is 9.84 Å². The van der Waals surface area contributed by atoms with Gasteiger partial charge in [0.15, 0.2) is 0 Å². The van der Waals surface area contributed by atoms with Gasteiger partial charge in [-0.3, -0.25) is 0 Å². The molecule has 1 rings (SSSR count). The number of hydrogen-bond donors (Lipinski definition) is 1. The zero-order chi connectivity index (χ0) is 16.0. The van der Waals surface area contributed by atoms with Gasteiger partial charge in [0, 0.05) is 23.8 Å². The van der Waals surface area contributed by atoms with Crippen LogP contribution in [0.5, 0.6) is 0 Å². The van der Waals surface area contributed by atoms with Crippen molar-refractivity contribution in [3.63, 3.8) is 0 Å². The van der Waals surface area contributed by atoms with Crippen LogP contribution >= 0.6 is 11.8 Å². The third kappa shape index (κ3) is 6.41. The van der Waals surface area contributed by atoms with Crippen molar-refractivity contribution in [1.29, 1.82) is 0 Å². The first-order valence-electron chi connectivity index (χ1n) is 7.31. The van der Waals surface area contributed by atoms with Crippen molar-refractivity contribution in [3.05, 3.63) is 34.4 Å². The van der Waals surface area contributed by atoms with Crippen LogP contribution in [0.15, 0.2) is 12.1 Å². The number of thioether (sulfide) groups is 1. The fourth-order valence-electron chi connectivity index (χ4n) is 2.64. The van der Waals surface area contributed by atoms with E-state index in [1.165, 1.54) is 28.5 Å². The summed E-state index contributed by atoms with van der Waals surface area (Å²) in [5.41, 5.74) is 5.26. The van der Waals surface area contributed by atoms with Crippen LogP contribution in [0.2, 0.25) is 0 Å². The maximum absolute atomic E-state index is 11.2. The lowest BCUT2D eigenvalue weighted by Crippen LogP contribution is -2.25. The molecular weight excluding hydrogens is 302 g/mol. The Hall–Kier alpha value is -0.520. The van der Waals surface area contributed by atoms with Crippen molar-refractivity contribution in [2.24, 2.45) is 0 Å². The zero-order valence-electron chi connectivity index (χ0n) is 13.7. The molecule has 3 nitrogen and oxygen atoms in total. The first-order chi connectivity index (χ1) is 9.74. The molecule has 1 aromatic rings. The van der Waals surface area contributed by atoms with Gasteiger partial charge in [-0.2, -0.15) is 11.8 Å². The van der Waals surface area contributed by atoms with Gasteiger partial charge in [-0.1, -0.05) is 24.6 Å². The van der Waals surface area contributed by atoms with Gasteiger partial charge in [0.25, 0.3) is 0 Å². The molecule has 0 amide bonds. The highest BCUT2D eigenvalue weighted by Gasteiger charge is 2.16. The molecule has 0 spiro atoms. The summed E-state index contributed by atoms with van der Waals surface area (Å²) in [7, 11) is -2.86. The van der Waals surface area contributed by atoms with Crippen LogP contribution in [0.1, 0.15) is 35.2 Å². The molecule has 0 aliphatic heterocycles. The summed E-state index contributed by atoms with van der Waals surface area (Å²) in [5.74, 6) is 1.81. The summed E-state index contributed by atoms with van der Waals surface area (Å²) < 4.78 is 22.4. The fourth-order valence-corrected chi connectivity index (χ4v) is 5.01. The molecule has 0 aliphatic rings. The fraction of sp³-hybridized carbons (Fsp3) is 0.625. The van der Waals surface area contributed by atoms with Gasteiger partial charge in [-0.05, 0) is 44.0 Å². The van der Waals surface area contributed by atoms with Crippen molar-refractivity contribution in [1.82, 2.24) is 5.32 Å². The largest absolute Gasteiger partial charge is 0.309 e. The highest BCUT2D eigenvalue weighted by Crippen LogP contribution is 2.26. The summed E-state index contributed by atoms with van der Waals surface area (Å²) in [6.45, 7) is 9.44. The molecule has 0 aliphatic carbocycles. The summed E-state index contributed by atoms with van der Waals surface area (Å²) in [6.07, 6.45) is 1.30. The molecule has 1 aromatic carbocycles. The first-order valence-corrected chi connectivity index (χ1v) is 10.5. The van der Waals surface area contributed by atoms with Crippen molar-refractivity contribution < 1.29 is 8.42 Å². The van der Waals surface area contributed by atoms with Gasteiger partial charge < -0.3 is 5.32 Å². The predicted octanol–water partition coefficient (Wildman–Crippen LogP) is 3.04. The Balaban J connectivity index is 2.78. The minimum absolute atomic E-state index is 0.252. The van der Waals surface area contributed by atoms with Crippen LogP contribution in [0.3, 0.4) is 0 Å². The molecule has 0 bridgehead atoms. The van der Waals surface area contributed by atoms with Crippen molar-refractivity contribution in [2.75, 3.05) is 30.1 Å². The number of hydrogen-bond acceptors (Lipinski definition) is 4. The molecule has 120 valence electrons. The lowest BCUT2D eigenvalue weighted by molar-refractivity contribution is 0.599. The maximum atomic E-state index is 11.2. The molecule has 0 saturated carbocycles. The number of aryl methyl sites for hydroxylation is 3. The Morgan fingerprint density at radius 1 is 1.19 bits per heavy atom. The SMILES string of the molecule is CCNC(CSCCS(C)(=O)=O)c1c(C)cc(C)cc1C. The summed E-state index contributed by atoms with van der Waals surface area (Å²) in [4.78, 5) is 0. The van der Waals surface area contributed by atoms with E-state index in [-0.39, 0.29) is 11.8 Å². The number of benzene rings is 1.